The predicted octanol–water partition coefficient (Wildman–Crippen LogP) is 4.42. The van der Waals surface area contributed by atoms with Gasteiger partial charge < -0.3 is 14.8 Å². The molecule has 0 fully saturated rings. The summed E-state index contributed by atoms with van der Waals surface area (Å²) in [6.45, 7) is 1.90. The Bertz CT molecular complexity index is 1630. The summed E-state index contributed by atoms with van der Waals surface area (Å²) in [5, 5.41) is 12.2. The van der Waals surface area contributed by atoms with Crippen LogP contribution >= 0.6 is 0 Å². The average molecular weight is 529 g/mol. The van der Waals surface area contributed by atoms with E-state index in [2.05, 4.69) is 15.3 Å². The van der Waals surface area contributed by atoms with Crippen LogP contribution < -0.4 is 14.8 Å². The maximum Gasteiger partial charge on any atom is 0.240 e. The van der Waals surface area contributed by atoms with E-state index >= 15 is 0 Å². The molecule has 0 saturated heterocycles. The zero-order chi connectivity index (χ0) is 27.3. The van der Waals surface area contributed by atoms with Crippen molar-refractivity contribution in [3.8, 4) is 40.0 Å². The number of ether oxygens (including phenoxy) is 2. The first-order chi connectivity index (χ1) is 18.2. The number of nitrogens with zero attached hydrogens (tertiary/aromatic N) is 3. The van der Waals surface area contributed by atoms with Crippen molar-refractivity contribution in [2.75, 3.05) is 25.3 Å². The molecule has 0 bridgehead atoms. The van der Waals surface area contributed by atoms with Crippen molar-refractivity contribution >= 4 is 21.4 Å². The van der Waals surface area contributed by atoms with Crippen molar-refractivity contribution < 1.29 is 22.7 Å². The third-order valence-corrected chi connectivity index (χ3v) is 7.23. The van der Waals surface area contributed by atoms with Crippen LogP contribution in [-0.4, -0.2) is 44.3 Å². The van der Waals surface area contributed by atoms with Crippen molar-refractivity contribution in [1.82, 2.24) is 9.97 Å². The predicted molar refractivity (Wildman–Crippen MR) is 143 cm³/mol. The number of carbonyl (C=O) groups excluding carboxylic acids is 1. The van der Waals surface area contributed by atoms with Crippen molar-refractivity contribution in [2.24, 2.45) is 0 Å². The molecular weight excluding hydrogens is 504 g/mol. The van der Waals surface area contributed by atoms with Gasteiger partial charge in [0.1, 0.15) is 11.8 Å². The number of aromatic nitrogens is 2. The summed E-state index contributed by atoms with van der Waals surface area (Å²) in [5.41, 5.74) is 2.89. The lowest BCUT2D eigenvalue weighted by Crippen LogP contribution is -2.24. The molecule has 0 unspecified atom stereocenters. The lowest BCUT2D eigenvalue weighted by Gasteiger charge is -2.15. The van der Waals surface area contributed by atoms with Crippen LogP contribution in [0.1, 0.15) is 11.1 Å². The fraction of sp³-hybridized carbons (Fsp3) is 0.143. The molecule has 0 saturated carbocycles. The van der Waals surface area contributed by atoms with Gasteiger partial charge in [-0.25, -0.2) is 13.4 Å². The summed E-state index contributed by atoms with van der Waals surface area (Å²) in [4.78, 5) is 21.1. The first-order valence-corrected chi connectivity index (χ1v) is 13.1. The first-order valence-electron chi connectivity index (χ1n) is 11.4. The molecule has 2 aromatic carbocycles. The number of nitriles is 1. The largest absolute Gasteiger partial charge is 0.493 e. The van der Waals surface area contributed by atoms with Crippen LogP contribution in [0.25, 0.3) is 22.4 Å². The minimum Gasteiger partial charge on any atom is -0.493 e. The van der Waals surface area contributed by atoms with Crippen LogP contribution in [0.3, 0.4) is 0 Å². The Morgan fingerprint density at radius 2 is 1.74 bits per heavy atom. The van der Waals surface area contributed by atoms with E-state index in [-0.39, 0.29) is 11.3 Å². The number of aryl methyl sites for hydroxylation is 1. The number of methoxy groups -OCH3 is 2. The summed E-state index contributed by atoms with van der Waals surface area (Å²) < 4.78 is 37.7. The van der Waals surface area contributed by atoms with Gasteiger partial charge in [0, 0.05) is 29.2 Å². The number of hydrogen-bond donors (Lipinski definition) is 1. The number of anilines is 1. The van der Waals surface area contributed by atoms with E-state index in [4.69, 9.17) is 9.47 Å². The molecule has 9 nitrogen and oxygen atoms in total. The van der Waals surface area contributed by atoms with Crippen LogP contribution in [0, 0.1) is 18.3 Å². The molecule has 0 aliphatic rings. The second kappa shape index (κ2) is 11.1. The van der Waals surface area contributed by atoms with Crippen LogP contribution in [0.4, 0.5) is 5.69 Å². The Morgan fingerprint density at radius 1 is 1.00 bits per heavy atom. The van der Waals surface area contributed by atoms with Crippen LogP contribution in [-0.2, 0) is 14.6 Å². The average Bonchev–Trinajstić information content (AvgIpc) is 2.93. The molecule has 10 heteroatoms. The first kappa shape index (κ1) is 26.3. The maximum absolute atomic E-state index is 13.5. The number of hydrogen-bond acceptors (Lipinski definition) is 8. The quantitative estimate of drug-likeness (QED) is 0.356. The minimum atomic E-state index is -4.34. The van der Waals surface area contributed by atoms with Gasteiger partial charge in [-0.2, -0.15) is 5.26 Å². The highest BCUT2D eigenvalue weighted by Gasteiger charge is 2.28. The highest BCUT2D eigenvalue weighted by atomic mass is 32.2. The zero-order valence-electron chi connectivity index (χ0n) is 20.9. The second-order valence-electron chi connectivity index (χ2n) is 8.33. The Morgan fingerprint density at radius 3 is 2.37 bits per heavy atom. The van der Waals surface area contributed by atoms with E-state index in [9.17, 15) is 18.5 Å². The topological polar surface area (TPSA) is 131 Å². The number of amides is 1. The monoisotopic (exact) mass is 528 g/mol. The number of carbonyl (C=O) groups is 1. The number of sulfone groups is 1. The number of rotatable bonds is 8. The summed E-state index contributed by atoms with van der Waals surface area (Å²) >= 11 is 0. The number of nitrogens with one attached hydrogen (secondary N) is 1. The molecule has 4 aromatic rings. The molecule has 0 aliphatic heterocycles. The van der Waals surface area contributed by atoms with Gasteiger partial charge in [-0.1, -0.05) is 23.8 Å². The Labute approximate surface area is 220 Å². The molecule has 0 aliphatic carbocycles. The van der Waals surface area contributed by atoms with Gasteiger partial charge in [-0.15, -0.1) is 0 Å². The Hall–Kier alpha value is -4.75. The third-order valence-electron chi connectivity index (χ3n) is 5.70. The fourth-order valence-corrected chi connectivity index (χ4v) is 5.08. The summed E-state index contributed by atoms with van der Waals surface area (Å²) in [6.07, 6.45) is 3.11. The molecule has 2 heterocycles. The lowest BCUT2D eigenvalue weighted by molar-refractivity contribution is -0.113. The minimum absolute atomic E-state index is 0.187. The van der Waals surface area contributed by atoms with Gasteiger partial charge in [0.05, 0.1) is 25.5 Å². The smallest absolute Gasteiger partial charge is 0.240 e. The molecule has 0 radical (unpaired) electrons. The molecule has 1 amide bonds. The van der Waals surface area contributed by atoms with Gasteiger partial charge >= 0.3 is 0 Å². The van der Waals surface area contributed by atoms with Gasteiger partial charge in [0.15, 0.2) is 16.5 Å². The lowest BCUT2D eigenvalue weighted by atomic mass is 9.99. The molecule has 0 atom stereocenters. The molecule has 192 valence electrons. The van der Waals surface area contributed by atoms with Crippen LogP contribution in [0.2, 0.25) is 0 Å². The summed E-state index contributed by atoms with van der Waals surface area (Å²) in [5.74, 6) is -0.781. The van der Waals surface area contributed by atoms with E-state index in [0.29, 0.717) is 33.9 Å². The molecular formula is C28H24N4O5S. The van der Waals surface area contributed by atoms with E-state index in [1.165, 1.54) is 20.4 Å². The second-order valence-corrected chi connectivity index (χ2v) is 10.2. The fourth-order valence-electron chi connectivity index (χ4n) is 3.82. The van der Waals surface area contributed by atoms with Crippen molar-refractivity contribution in [3.05, 3.63) is 84.2 Å². The van der Waals surface area contributed by atoms with Crippen molar-refractivity contribution in [1.29, 1.82) is 5.26 Å². The number of pyridine rings is 2. The number of benzene rings is 2. The Balaban J connectivity index is 1.84. The van der Waals surface area contributed by atoms with Crippen LogP contribution in [0.5, 0.6) is 11.5 Å². The molecule has 1 N–H and O–H groups in total. The standard InChI is InChI=1S/C28H24N4O5S/c1-18-6-9-21(10-7-18)31-27(33)17-38(34,35)28-23(15-29)22(14-24(32-28)20-5-4-12-30-16-20)19-8-11-25(36-2)26(13-19)37-3/h4-14,16H,17H2,1-3H3,(H,31,33). The summed E-state index contributed by atoms with van der Waals surface area (Å²) in [6, 6.07) is 18.9. The normalized spacial score (nSPS) is 10.9. The van der Waals surface area contributed by atoms with E-state index in [1.807, 2.05) is 13.0 Å². The SMILES string of the molecule is COc1ccc(-c2cc(-c3cccnc3)nc(S(=O)(=O)CC(=O)Nc3ccc(C)cc3)c2C#N)cc1OC. The summed E-state index contributed by atoms with van der Waals surface area (Å²) in [7, 11) is -1.37. The zero-order valence-corrected chi connectivity index (χ0v) is 21.7. The van der Waals surface area contributed by atoms with E-state index in [0.717, 1.165) is 5.56 Å². The van der Waals surface area contributed by atoms with Gasteiger partial charge in [-0.3, -0.25) is 9.78 Å². The molecule has 0 spiro atoms. The molecule has 38 heavy (non-hydrogen) atoms. The van der Waals surface area contributed by atoms with Gasteiger partial charge in [0.2, 0.25) is 15.7 Å². The molecule has 4 rings (SSSR count). The van der Waals surface area contributed by atoms with E-state index < -0.39 is 26.5 Å². The maximum atomic E-state index is 13.5. The van der Waals surface area contributed by atoms with Crippen molar-refractivity contribution in [2.45, 2.75) is 11.9 Å². The van der Waals surface area contributed by atoms with E-state index in [1.54, 1.807) is 66.9 Å². The van der Waals surface area contributed by atoms with Crippen molar-refractivity contribution in [3.63, 3.8) is 0 Å². The van der Waals surface area contributed by atoms with Crippen LogP contribution in [0.15, 0.2) is 78.1 Å². The highest BCUT2D eigenvalue weighted by Crippen LogP contribution is 2.37. The third kappa shape index (κ3) is 5.63. The molecule has 2 aromatic heterocycles. The van der Waals surface area contributed by atoms with Gasteiger partial charge in [0.25, 0.3) is 0 Å². The highest BCUT2D eigenvalue weighted by molar-refractivity contribution is 7.92. The van der Waals surface area contributed by atoms with Gasteiger partial charge in [-0.05, 0) is 55.0 Å². The Kier molecular flexibility index (Phi) is 7.69.